The van der Waals surface area contributed by atoms with E-state index >= 15 is 0 Å². The summed E-state index contributed by atoms with van der Waals surface area (Å²) in [6.07, 6.45) is 1.31. The molecule has 1 nitrogen and oxygen atoms in total. The van der Waals surface area contributed by atoms with Crippen LogP contribution in [0.2, 0.25) is 0 Å². The summed E-state index contributed by atoms with van der Waals surface area (Å²) in [5.74, 6) is 2.27. The van der Waals surface area contributed by atoms with Crippen molar-refractivity contribution in [3.63, 3.8) is 0 Å². The van der Waals surface area contributed by atoms with Crippen LogP contribution >= 0.6 is 11.8 Å². The monoisotopic (exact) mass is 216 g/mol. The molecule has 1 aromatic rings. The molecule has 15 heavy (non-hydrogen) atoms. The molecule has 1 aromatic carbocycles. The van der Waals surface area contributed by atoms with Crippen molar-refractivity contribution in [2.75, 3.05) is 0 Å². The molecule has 3 fully saturated rings. The minimum Gasteiger partial charge on any atom is -0.294 e. The first kappa shape index (κ1) is 8.40. The lowest BCUT2D eigenvalue weighted by atomic mass is 10.0. The average molecular weight is 216 g/mol. The van der Waals surface area contributed by atoms with Crippen LogP contribution < -0.4 is 0 Å². The molecule has 2 saturated carbocycles. The van der Waals surface area contributed by atoms with Crippen LogP contribution in [-0.4, -0.2) is 16.3 Å². The molecule has 0 radical (unpaired) electrons. The molecule has 1 saturated heterocycles. The third-order valence-electron chi connectivity index (χ3n) is 4.10. The van der Waals surface area contributed by atoms with Crippen molar-refractivity contribution < 1.29 is 4.79 Å². The average Bonchev–Trinajstić information content (AvgIpc) is 3.17. The number of hydrogen-bond acceptors (Lipinski definition) is 2. The Balaban J connectivity index is 1.58. The molecule has 1 aliphatic heterocycles. The minimum absolute atomic E-state index is 0.378. The number of thioether (sulfide) groups is 1. The van der Waals surface area contributed by atoms with Crippen LogP contribution in [0.1, 0.15) is 16.8 Å². The lowest BCUT2D eigenvalue weighted by Gasteiger charge is -2.01. The molecule has 0 aromatic heterocycles. The van der Waals surface area contributed by atoms with E-state index in [2.05, 4.69) is 11.8 Å². The number of benzene rings is 1. The highest BCUT2D eigenvalue weighted by atomic mass is 32.2. The number of Topliss-reactive ketones (excluding diaryl/α,β-unsaturated/α-hetero) is 1. The van der Waals surface area contributed by atoms with Gasteiger partial charge in [0.05, 0.1) is 0 Å². The second-order valence-corrected chi connectivity index (χ2v) is 6.29. The van der Waals surface area contributed by atoms with Gasteiger partial charge in [0.25, 0.3) is 0 Å². The van der Waals surface area contributed by atoms with Crippen molar-refractivity contribution in [3.8, 4) is 0 Å². The van der Waals surface area contributed by atoms with E-state index in [0.717, 1.165) is 27.9 Å². The largest absolute Gasteiger partial charge is 0.294 e. The Hall–Kier alpha value is -0.760. The fourth-order valence-corrected chi connectivity index (χ4v) is 4.76. The van der Waals surface area contributed by atoms with E-state index in [4.69, 9.17) is 0 Å². The van der Waals surface area contributed by atoms with E-state index < -0.39 is 0 Å². The number of carbonyl (C=O) groups is 1. The van der Waals surface area contributed by atoms with Crippen LogP contribution in [-0.2, 0) is 0 Å². The first-order valence-electron chi connectivity index (χ1n) is 5.61. The minimum atomic E-state index is 0.378. The third kappa shape index (κ3) is 1.09. The molecule has 76 valence electrons. The van der Waals surface area contributed by atoms with Gasteiger partial charge in [-0.3, -0.25) is 4.79 Å². The van der Waals surface area contributed by atoms with Crippen LogP contribution in [0.3, 0.4) is 0 Å². The Bertz CT molecular complexity index is 427. The summed E-state index contributed by atoms with van der Waals surface area (Å²) in [7, 11) is 0. The normalized spacial score (nSPS) is 44.4. The molecule has 2 aliphatic carbocycles. The summed E-state index contributed by atoms with van der Waals surface area (Å²) in [6.45, 7) is 0. The van der Waals surface area contributed by atoms with Crippen molar-refractivity contribution >= 4 is 17.5 Å². The van der Waals surface area contributed by atoms with Crippen molar-refractivity contribution in [2.45, 2.75) is 16.9 Å². The molecule has 0 unspecified atom stereocenters. The summed E-state index contributed by atoms with van der Waals surface area (Å²) in [5, 5.41) is 1.78. The van der Waals surface area contributed by atoms with Gasteiger partial charge < -0.3 is 0 Å². The third-order valence-corrected chi connectivity index (χ3v) is 5.57. The number of rotatable bonds is 2. The molecule has 2 heteroatoms. The first-order chi connectivity index (χ1) is 7.36. The van der Waals surface area contributed by atoms with Gasteiger partial charge in [-0.15, -0.1) is 0 Å². The summed E-state index contributed by atoms with van der Waals surface area (Å²) in [5.41, 5.74) is 0.916. The molecule has 5 atom stereocenters. The van der Waals surface area contributed by atoms with Crippen molar-refractivity contribution in [1.82, 2.24) is 0 Å². The Morgan fingerprint density at radius 1 is 1.27 bits per heavy atom. The van der Waals surface area contributed by atoms with Crippen molar-refractivity contribution in [3.05, 3.63) is 35.9 Å². The smallest absolute Gasteiger partial charge is 0.166 e. The Morgan fingerprint density at radius 3 is 2.73 bits per heavy atom. The van der Waals surface area contributed by atoms with E-state index in [1.807, 2.05) is 30.3 Å². The molecule has 0 amide bonds. The molecule has 0 spiro atoms. The number of hydrogen-bond donors (Lipinski definition) is 0. The van der Waals surface area contributed by atoms with Gasteiger partial charge in [0.15, 0.2) is 5.78 Å². The van der Waals surface area contributed by atoms with Gasteiger partial charge in [0, 0.05) is 22.0 Å². The zero-order valence-corrected chi connectivity index (χ0v) is 9.11. The van der Waals surface area contributed by atoms with Crippen molar-refractivity contribution in [1.29, 1.82) is 0 Å². The maximum absolute atomic E-state index is 12.2. The molecule has 1 heterocycles. The van der Waals surface area contributed by atoms with Crippen LogP contribution in [0, 0.1) is 17.8 Å². The lowest BCUT2D eigenvalue weighted by molar-refractivity contribution is 0.0953. The predicted molar refractivity (Wildman–Crippen MR) is 61.0 cm³/mol. The number of carbonyl (C=O) groups excluding carboxylic acids is 1. The van der Waals surface area contributed by atoms with Crippen LogP contribution in [0.4, 0.5) is 0 Å². The molecule has 0 N–H and O–H groups in total. The fraction of sp³-hybridized carbons (Fsp3) is 0.462. The maximum Gasteiger partial charge on any atom is 0.166 e. The SMILES string of the molecule is O=C(c1ccccc1)[C@@H]1[C@H]2C[C@H]3S[C@H]3[C@H]21. The molecule has 4 rings (SSSR count). The Labute approximate surface area is 93.3 Å². The highest BCUT2D eigenvalue weighted by Gasteiger charge is 2.70. The van der Waals surface area contributed by atoms with Crippen LogP contribution in [0.15, 0.2) is 30.3 Å². The van der Waals surface area contributed by atoms with E-state index in [1.165, 1.54) is 6.42 Å². The van der Waals surface area contributed by atoms with E-state index in [1.54, 1.807) is 0 Å². The van der Waals surface area contributed by atoms with E-state index in [9.17, 15) is 4.79 Å². The van der Waals surface area contributed by atoms with Crippen molar-refractivity contribution in [2.24, 2.45) is 17.8 Å². The maximum atomic E-state index is 12.2. The van der Waals surface area contributed by atoms with Gasteiger partial charge in [0.2, 0.25) is 0 Å². The van der Waals surface area contributed by atoms with E-state index in [-0.39, 0.29) is 0 Å². The van der Waals surface area contributed by atoms with Gasteiger partial charge in [0.1, 0.15) is 0 Å². The Kier molecular flexibility index (Phi) is 1.50. The topological polar surface area (TPSA) is 17.1 Å². The van der Waals surface area contributed by atoms with Gasteiger partial charge in [-0.1, -0.05) is 30.3 Å². The summed E-state index contributed by atoms with van der Waals surface area (Å²) in [6, 6.07) is 9.79. The van der Waals surface area contributed by atoms with Crippen LogP contribution in [0.25, 0.3) is 0 Å². The second-order valence-electron chi connectivity index (χ2n) is 4.87. The summed E-state index contributed by atoms with van der Waals surface area (Å²) < 4.78 is 0. The van der Waals surface area contributed by atoms with Crippen LogP contribution in [0.5, 0.6) is 0 Å². The predicted octanol–water partition coefficient (Wildman–Crippen LogP) is 2.62. The van der Waals surface area contributed by atoms with Gasteiger partial charge in [-0.05, 0) is 18.3 Å². The highest BCUT2D eigenvalue weighted by molar-refractivity contribution is 8.07. The number of fused-ring (bicyclic) bond motifs is 3. The van der Waals surface area contributed by atoms with Gasteiger partial charge >= 0.3 is 0 Å². The van der Waals surface area contributed by atoms with Gasteiger partial charge in [-0.2, -0.15) is 11.8 Å². The molecule has 0 bridgehead atoms. The Morgan fingerprint density at radius 2 is 2.07 bits per heavy atom. The zero-order chi connectivity index (χ0) is 9.99. The highest BCUT2D eigenvalue weighted by Crippen LogP contribution is 2.72. The summed E-state index contributed by atoms with van der Waals surface area (Å²) >= 11 is 2.09. The molecular weight excluding hydrogens is 204 g/mol. The molecule has 3 aliphatic rings. The standard InChI is InChI=1S/C13H12OS/c14-12(7-4-2-1-3-5-7)10-8-6-9-13(15-9)11(8)10/h1-5,8-11,13H,6H2/t8-,9-,10-,11-,13-/m1/s1. The van der Waals surface area contributed by atoms with Gasteiger partial charge in [-0.25, -0.2) is 0 Å². The zero-order valence-electron chi connectivity index (χ0n) is 8.30. The second kappa shape index (κ2) is 2.67. The number of ketones is 1. The quantitative estimate of drug-likeness (QED) is 0.558. The molecular formula is C13H12OS. The lowest BCUT2D eigenvalue weighted by Crippen LogP contribution is -2.08. The first-order valence-corrected chi connectivity index (χ1v) is 6.55. The van der Waals surface area contributed by atoms with E-state index in [0.29, 0.717) is 11.7 Å². The summed E-state index contributed by atoms with van der Waals surface area (Å²) in [4.78, 5) is 12.2. The fourth-order valence-electron chi connectivity index (χ4n) is 3.27.